The second-order valence-electron chi connectivity index (χ2n) is 7.73. The van der Waals surface area contributed by atoms with E-state index >= 15 is 0 Å². The van der Waals surface area contributed by atoms with Crippen molar-refractivity contribution in [1.29, 1.82) is 0 Å². The van der Waals surface area contributed by atoms with Crippen LogP contribution in [-0.4, -0.2) is 22.0 Å². The molecule has 1 N–H and O–H groups in total. The second kappa shape index (κ2) is 7.68. The molecule has 6 heteroatoms. The highest BCUT2D eigenvalue weighted by molar-refractivity contribution is 6.33. The maximum absolute atomic E-state index is 11.1. The maximum atomic E-state index is 11.1. The van der Waals surface area contributed by atoms with Crippen LogP contribution in [0.2, 0.25) is 5.02 Å². The van der Waals surface area contributed by atoms with Crippen molar-refractivity contribution >= 4 is 23.4 Å². The van der Waals surface area contributed by atoms with E-state index in [1.807, 2.05) is 0 Å². The van der Waals surface area contributed by atoms with Crippen LogP contribution in [0, 0.1) is 11.3 Å². The summed E-state index contributed by atoms with van der Waals surface area (Å²) in [7, 11) is 0. The van der Waals surface area contributed by atoms with Crippen molar-refractivity contribution < 1.29 is 9.53 Å². The van der Waals surface area contributed by atoms with E-state index in [0.717, 1.165) is 18.8 Å². The summed E-state index contributed by atoms with van der Waals surface area (Å²) in [6.45, 7) is 10.1. The lowest BCUT2D eigenvalue weighted by Crippen LogP contribution is -2.32. The molecule has 0 bridgehead atoms. The van der Waals surface area contributed by atoms with Gasteiger partial charge in [-0.2, -0.15) is 0 Å². The fourth-order valence-corrected chi connectivity index (χ4v) is 3.68. The largest absolute Gasteiger partial charge is 0.456 e. The predicted octanol–water partition coefficient (Wildman–Crippen LogP) is 4.77. The Labute approximate surface area is 149 Å². The van der Waals surface area contributed by atoms with E-state index in [4.69, 9.17) is 16.3 Å². The Balaban J connectivity index is 2.02. The molecule has 134 valence electrons. The minimum absolute atomic E-state index is 0.354. The zero-order valence-electron chi connectivity index (χ0n) is 15.2. The van der Waals surface area contributed by atoms with Gasteiger partial charge in [-0.1, -0.05) is 32.4 Å². The molecule has 1 fully saturated rings. The summed E-state index contributed by atoms with van der Waals surface area (Å²) in [4.78, 5) is 19.6. The Morgan fingerprint density at radius 3 is 2.46 bits per heavy atom. The van der Waals surface area contributed by atoms with Crippen LogP contribution in [0.3, 0.4) is 0 Å². The monoisotopic (exact) mass is 353 g/mol. The lowest BCUT2D eigenvalue weighted by atomic mass is 9.71. The Hall–Kier alpha value is -1.36. The van der Waals surface area contributed by atoms with Crippen LogP contribution in [-0.2, 0) is 9.53 Å². The van der Waals surface area contributed by atoms with Gasteiger partial charge in [-0.05, 0) is 43.9 Å². The van der Waals surface area contributed by atoms with Crippen LogP contribution in [0.1, 0.15) is 72.1 Å². The Morgan fingerprint density at radius 2 is 1.92 bits per heavy atom. The molecule has 0 spiro atoms. The molecule has 1 aromatic heterocycles. The number of rotatable bonds is 4. The van der Waals surface area contributed by atoms with Crippen LogP contribution in [0.4, 0.5) is 5.82 Å². The third-order valence-electron chi connectivity index (χ3n) is 4.84. The second-order valence-corrected chi connectivity index (χ2v) is 8.11. The molecule has 1 heterocycles. The van der Waals surface area contributed by atoms with Crippen molar-refractivity contribution in [3.8, 4) is 0 Å². The lowest BCUT2D eigenvalue weighted by molar-refractivity contribution is -0.145. The first kappa shape index (κ1) is 19.0. The highest BCUT2D eigenvalue weighted by atomic mass is 35.5. The van der Waals surface area contributed by atoms with E-state index in [-0.39, 0.29) is 5.97 Å². The SMILES string of the molecule is CC(=O)OC(C)c1ncnc(NC2CCC(C(C)(C)C)CC2)c1Cl. The van der Waals surface area contributed by atoms with E-state index < -0.39 is 6.10 Å². The van der Waals surface area contributed by atoms with Gasteiger partial charge in [0.25, 0.3) is 0 Å². The van der Waals surface area contributed by atoms with Crippen LogP contribution < -0.4 is 5.32 Å². The molecule has 0 saturated heterocycles. The number of hydrogen-bond donors (Lipinski definition) is 1. The van der Waals surface area contributed by atoms with Crippen molar-refractivity contribution in [2.75, 3.05) is 5.32 Å². The first-order valence-electron chi connectivity index (χ1n) is 8.62. The molecule has 1 saturated carbocycles. The highest BCUT2D eigenvalue weighted by Gasteiger charge is 2.30. The average molecular weight is 354 g/mol. The Morgan fingerprint density at radius 1 is 1.29 bits per heavy atom. The standard InChI is InChI=1S/C18H28ClN3O2/c1-11(24-12(2)23)16-15(19)17(21-10-20-16)22-14-8-6-13(7-9-14)18(3,4)5/h10-11,13-14H,6-9H2,1-5H3,(H,20,21,22). The van der Waals surface area contributed by atoms with Crippen molar-refractivity contribution in [2.45, 2.75) is 72.4 Å². The number of halogens is 1. The van der Waals surface area contributed by atoms with E-state index in [9.17, 15) is 4.79 Å². The van der Waals surface area contributed by atoms with Crippen molar-refractivity contribution in [3.63, 3.8) is 0 Å². The zero-order valence-corrected chi connectivity index (χ0v) is 16.0. The normalized spacial score (nSPS) is 22.8. The summed E-state index contributed by atoms with van der Waals surface area (Å²) in [5.74, 6) is 1.03. The summed E-state index contributed by atoms with van der Waals surface area (Å²) < 4.78 is 5.17. The first-order valence-corrected chi connectivity index (χ1v) is 9.00. The van der Waals surface area contributed by atoms with Gasteiger partial charge in [-0.3, -0.25) is 4.79 Å². The number of anilines is 1. The number of nitrogens with zero attached hydrogens (tertiary/aromatic N) is 2. The van der Waals surface area contributed by atoms with Crippen LogP contribution in [0.25, 0.3) is 0 Å². The lowest BCUT2D eigenvalue weighted by Gasteiger charge is -2.37. The van der Waals surface area contributed by atoms with Gasteiger partial charge < -0.3 is 10.1 Å². The van der Waals surface area contributed by atoms with Gasteiger partial charge in [-0.25, -0.2) is 9.97 Å². The van der Waals surface area contributed by atoms with Gasteiger partial charge in [0.2, 0.25) is 0 Å². The minimum Gasteiger partial charge on any atom is -0.456 e. The quantitative estimate of drug-likeness (QED) is 0.790. The molecule has 5 nitrogen and oxygen atoms in total. The van der Waals surface area contributed by atoms with E-state index in [1.165, 1.54) is 26.1 Å². The molecule has 1 aliphatic carbocycles. The third-order valence-corrected chi connectivity index (χ3v) is 5.21. The number of nitrogens with one attached hydrogen (secondary N) is 1. The number of carbonyl (C=O) groups is 1. The molecular weight excluding hydrogens is 326 g/mol. The fraction of sp³-hybridized carbons (Fsp3) is 0.722. The van der Waals surface area contributed by atoms with Crippen LogP contribution >= 0.6 is 11.6 Å². The van der Waals surface area contributed by atoms with E-state index in [2.05, 4.69) is 36.1 Å². The molecule has 0 radical (unpaired) electrons. The molecule has 1 atom stereocenters. The maximum Gasteiger partial charge on any atom is 0.303 e. The first-order chi connectivity index (χ1) is 11.2. The van der Waals surface area contributed by atoms with Crippen molar-refractivity contribution in [3.05, 3.63) is 17.0 Å². The molecular formula is C18H28ClN3O2. The molecule has 1 aromatic rings. The summed E-state index contributed by atoms with van der Waals surface area (Å²) in [6.07, 6.45) is 5.61. The third kappa shape index (κ3) is 4.82. The molecule has 0 aromatic carbocycles. The van der Waals surface area contributed by atoms with E-state index in [0.29, 0.717) is 28.0 Å². The number of hydrogen-bond acceptors (Lipinski definition) is 5. The Bertz CT molecular complexity index is 578. The molecule has 1 aliphatic rings. The van der Waals surface area contributed by atoms with Crippen molar-refractivity contribution in [2.24, 2.45) is 11.3 Å². The number of esters is 1. The van der Waals surface area contributed by atoms with Gasteiger partial charge in [0.15, 0.2) is 0 Å². The van der Waals surface area contributed by atoms with Crippen molar-refractivity contribution in [1.82, 2.24) is 9.97 Å². The minimum atomic E-state index is -0.491. The van der Waals surface area contributed by atoms with Gasteiger partial charge in [0, 0.05) is 13.0 Å². The summed E-state index contributed by atoms with van der Waals surface area (Å²) in [6, 6.07) is 0.368. The molecule has 24 heavy (non-hydrogen) atoms. The van der Waals surface area contributed by atoms with E-state index in [1.54, 1.807) is 6.92 Å². The van der Waals surface area contributed by atoms with Gasteiger partial charge in [-0.15, -0.1) is 0 Å². The number of ether oxygens (including phenoxy) is 1. The van der Waals surface area contributed by atoms with Gasteiger partial charge >= 0.3 is 5.97 Å². The number of aromatic nitrogens is 2. The smallest absolute Gasteiger partial charge is 0.303 e. The molecule has 0 aliphatic heterocycles. The molecule has 2 rings (SSSR count). The molecule has 0 amide bonds. The van der Waals surface area contributed by atoms with Gasteiger partial charge in [0.1, 0.15) is 29.0 Å². The average Bonchev–Trinajstić information content (AvgIpc) is 2.48. The zero-order chi connectivity index (χ0) is 17.9. The topological polar surface area (TPSA) is 64.1 Å². The van der Waals surface area contributed by atoms with Crippen LogP contribution in [0.15, 0.2) is 6.33 Å². The van der Waals surface area contributed by atoms with Gasteiger partial charge in [0.05, 0.1) is 0 Å². The summed E-state index contributed by atoms with van der Waals surface area (Å²) >= 11 is 6.43. The van der Waals surface area contributed by atoms with Crippen LogP contribution in [0.5, 0.6) is 0 Å². The molecule has 1 unspecified atom stereocenters. The highest BCUT2D eigenvalue weighted by Crippen LogP contribution is 2.39. The number of carbonyl (C=O) groups excluding carboxylic acids is 1. The predicted molar refractivity (Wildman–Crippen MR) is 96.0 cm³/mol. The fourth-order valence-electron chi connectivity index (χ4n) is 3.37. The summed E-state index contributed by atoms with van der Waals surface area (Å²) in [5, 5.41) is 3.88. The summed E-state index contributed by atoms with van der Waals surface area (Å²) in [5.41, 5.74) is 0.900. The Kier molecular flexibility index (Phi) is 6.07.